The molecule has 0 aromatic heterocycles. The third kappa shape index (κ3) is 6.65. The van der Waals surface area contributed by atoms with Gasteiger partial charge < -0.3 is 24.6 Å². The first-order valence-electron chi connectivity index (χ1n) is 13.4. The van der Waals surface area contributed by atoms with Gasteiger partial charge in [0.2, 0.25) is 0 Å². The first-order valence-corrected chi connectivity index (χ1v) is 14.8. The van der Waals surface area contributed by atoms with Crippen molar-refractivity contribution in [2.75, 3.05) is 18.0 Å². The van der Waals surface area contributed by atoms with Crippen LogP contribution in [0.4, 0.5) is 5.69 Å². The SMILES string of the molecule is CCCCCCN(CCCCCC)c1ccc(C=C2C(=C(C#N)C#N)c3ccccc3S2([O-])[O-])c(C)c1. The van der Waals surface area contributed by atoms with Crippen LogP contribution in [0.3, 0.4) is 0 Å². The summed E-state index contributed by atoms with van der Waals surface area (Å²) < 4.78 is 26.9. The average molecular weight is 516 g/mol. The molecule has 0 unspecified atom stereocenters. The van der Waals surface area contributed by atoms with Crippen molar-refractivity contribution in [2.24, 2.45) is 0 Å². The van der Waals surface area contributed by atoms with Gasteiger partial charge in [-0.3, -0.25) is 0 Å². The number of nitriles is 2. The minimum absolute atomic E-state index is 0.0126. The number of sulfone groups is 1. The first kappa shape index (κ1) is 28.5. The Balaban J connectivity index is 1.97. The maximum Gasteiger partial charge on any atom is 0.139 e. The summed E-state index contributed by atoms with van der Waals surface area (Å²) in [5, 5.41) is 19.1. The van der Waals surface area contributed by atoms with E-state index in [0.29, 0.717) is 5.56 Å². The summed E-state index contributed by atoms with van der Waals surface area (Å²) in [4.78, 5) is 2.60. The normalized spacial score (nSPS) is 15.6. The minimum Gasteiger partial charge on any atom is -0.792 e. The van der Waals surface area contributed by atoms with Crippen molar-refractivity contribution in [3.8, 4) is 12.1 Å². The molecule has 1 aliphatic rings. The molecule has 0 radical (unpaired) electrons. The lowest BCUT2D eigenvalue weighted by atomic mass is 9.98. The van der Waals surface area contributed by atoms with E-state index in [1.54, 1.807) is 24.3 Å². The largest absolute Gasteiger partial charge is 0.792 e. The van der Waals surface area contributed by atoms with Gasteiger partial charge in [-0.1, -0.05) is 76.6 Å². The van der Waals surface area contributed by atoms with Crippen LogP contribution in [-0.4, -0.2) is 22.2 Å². The lowest BCUT2D eigenvalue weighted by molar-refractivity contribution is 0.456. The Labute approximate surface area is 224 Å². The second-order valence-electron chi connectivity index (χ2n) is 9.63. The maximum atomic E-state index is 13.4. The van der Waals surface area contributed by atoms with Gasteiger partial charge in [-0.15, -0.1) is 0 Å². The third-order valence-electron chi connectivity index (χ3n) is 6.92. The van der Waals surface area contributed by atoms with Crippen molar-refractivity contribution < 1.29 is 9.11 Å². The number of benzene rings is 2. The average Bonchev–Trinajstić information content (AvgIpc) is 3.11. The van der Waals surface area contributed by atoms with E-state index < -0.39 is 10.6 Å². The van der Waals surface area contributed by atoms with Crippen LogP contribution in [0, 0.1) is 29.6 Å². The van der Waals surface area contributed by atoms with E-state index in [9.17, 15) is 19.6 Å². The molecule has 196 valence electrons. The van der Waals surface area contributed by atoms with Crippen LogP contribution in [0.1, 0.15) is 81.9 Å². The molecule has 0 aliphatic carbocycles. The predicted octanol–water partition coefficient (Wildman–Crippen LogP) is 8.24. The van der Waals surface area contributed by atoms with Crippen LogP contribution in [0.2, 0.25) is 0 Å². The zero-order valence-corrected chi connectivity index (χ0v) is 23.1. The van der Waals surface area contributed by atoms with Crippen LogP contribution in [0.15, 0.2) is 57.8 Å². The minimum atomic E-state index is -3.85. The molecule has 0 bridgehead atoms. The molecule has 3 rings (SSSR count). The predicted molar refractivity (Wildman–Crippen MR) is 152 cm³/mol. The number of rotatable bonds is 12. The molecule has 0 fully saturated rings. The molecular formula is C31H37N3O2S-2. The smallest absolute Gasteiger partial charge is 0.139 e. The van der Waals surface area contributed by atoms with Gasteiger partial charge in [-0.2, -0.15) is 10.5 Å². The number of hydrogen-bond donors (Lipinski definition) is 0. The molecule has 0 atom stereocenters. The van der Waals surface area contributed by atoms with Gasteiger partial charge in [0.05, 0.1) is 0 Å². The second kappa shape index (κ2) is 13.5. The molecule has 0 spiro atoms. The van der Waals surface area contributed by atoms with E-state index in [0.717, 1.165) is 42.7 Å². The van der Waals surface area contributed by atoms with Gasteiger partial charge in [0.25, 0.3) is 0 Å². The van der Waals surface area contributed by atoms with Gasteiger partial charge in [0, 0.05) is 39.7 Å². The standard InChI is InChI=1S/C31H39N3O2S/c1-4-6-8-12-18-34(19-13-9-7-5-2)27-17-16-25(24(3)20-27)21-30-31(26(22-32)23-33)28-14-10-11-15-29(28)37(30,35)36/h10-11,14-17,20-21,35-36H,4-9,12-13,18-19H2,1-3H3/p-2. The Morgan fingerprint density at radius 1 is 0.892 bits per heavy atom. The summed E-state index contributed by atoms with van der Waals surface area (Å²) in [6, 6.07) is 16.5. The van der Waals surface area contributed by atoms with Crippen molar-refractivity contribution in [2.45, 2.75) is 77.0 Å². The van der Waals surface area contributed by atoms with Crippen molar-refractivity contribution in [1.82, 2.24) is 0 Å². The van der Waals surface area contributed by atoms with Gasteiger partial charge in [-0.05, 0) is 55.2 Å². The maximum absolute atomic E-state index is 13.4. The summed E-state index contributed by atoms with van der Waals surface area (Å²) in [5.74, 6) is 0. The number of anilines is 1. The van der Waals surface area contributed by atoms with Gasteiger partial charge in [-0.25, -0.2) is 0 Å². The van der Waals surface area contributed by atoms with Crippen molar-refractivity contribution in [3.05, 3.63) is 69.6 Å². The lowest BCUT2D eigenvalue weighted by Gasteiger charge is -2.58. The van der Waals surface area contributed by atoms with Crippen molar-refractivity contribution in [3.63, 3.8) is 0 Å². The molecule has 0 saturated heterocycles. The van der Waals surface area contributed by atoms with Crippen LogP contribution < -0.4 is 4.90 Å². The first-order chi connectivity index (χ1) is 17.9. The van der Waals surface area contributed by atoms with E-state index in [1.165, 1.54) is 44.6 Å². The van der Waals surface area contributed by atoms with Crippen molar-refractivity contribution in [1.29, 1.82) is 10.5 Å². The Kier molecular flexibility index (Phi) is 10.4. The van der Waals surface area contributed by atoms with Crippen LogP contribution in [-0.2, 0) is 0 Å². The highest BCUT2D eigenvalue weighted by molar-refractivity contribution is 8.28. The van der Waals surface area contributed by atoms with Crippen LogP contribution >= 0.6 is 10.6 Å². The number of fused-ring (bicyclic) bond motifs is 1. The number of unbranched alkanes of at least 4 members (excludes halogenated alkanes) is 6. The summed E-state index contributed by atoms with van der Waals surface area (Å²) in [5.41, 5.74) is 3.27. The Bertz CT molecular complexity index is 1210. The highest BCUT2D eigenvalue weighted by Gasteiger charge is 2.28. The number of aryl methyl sites for hydroxylation is 1. The Morgan fingerprint density at radius 3 is 2.08 bits per heavy atom. The fraction of sp³-hybridized carbons (Fsp3) is 0.419. The van der Waals surface area contributed by atoms with E-state index in [1.807, 2.05) is 25.1 Å². The zero-order chi connectivity index (χ0) is 26.8. The Morgan fingerprint density at radius 2 is 1.51 bits per heavy atom. The highest BCUT2D eigenvalue weighted by atomic mass is 32.3. The van der Waals surface area contributed by atoms with E-state index in [4.69, 9.17) is 0 Å². The third-order valence-corrected chi connectivity index (χ3v) is 8.76. The summed E-state index contributed by atoms with van der Waals surface area (Å²) >= 11 is 0. The zero-order valence-electron chi connectivity index (χ0n) is 22.3. The van der Waals surface area contributed by atoms with Gasteiger partial charge >= 0.3 is 0 Å². The monoisotopic (exact) mass is 515 g/mol. The molecule has 0 amide bonds. The molecule has 1 aliphatic heterocycles. The van der Waals surface area contributed by atoms with Gasteiger partial charge in [0.1, 0.15) is 17.7 Å². The fourth-order valence-corrected chi connectivity index (χ4v) is 6.54. The number of nitrogens with zero attached hydrogens (tertiary/aromatic N) is 3. The number of allylic oxidation sites excluding steroid dienone is 2. The molecule has 2 aromatic carbocycles. The van der Waals surface area contributed by atoms with Crippen LogP contribution in [0.25, 0.3) is 11.6 Å². The van der Waals surface area contributed by atoms with E-state index in [-0.39, 0.29) is 20.9 Å². The summed E-state index contributed by atoms with van der Waals surface area (Å²) in [6.07, 6.45) is 11.3. The molecule has 1 heterocycles. The topological polar surface area (TPSA) is 96.9 Å². The van der Waals surface area contributed by atoms with Crippen LogP contribution in [0.5, 0.6) is 0 Å². The fourth-order valence-electron chi connectivity index (χ4n) is 4.83. The molecule has 0 N–H and O–H groups in total. The molecule has 6 heteroatoms. The summed E-state index contributed by atoms with van der Waals surface area (Å²) in [6.45, 7) is 8.44. The Hall–Kier alpha value is -3.03. The summed E-state index contributed by atoms with van der Waals surface area (Å²) in [7, 11) is -3.85. The molecule has 2 aromatic rings. The van der Waals surface area contributed by atoms with E-state index >= 15 is 0 Å². The molecule has 0 saturated carbocycles. The number of hydrogen-bond acceptors (Lipinski definition) is 5. The lowest BCUT2D eigenvalue weighted by Crippen LogP contribution is -2.25. The second-order valence-corrected chi connectivity index (χ2v) is 11.5. The molecular weight excluding hydrogens is 478 g/mol. The van der Waals surface area contributed by atoms with Crippen molar-refractivity contribution >= 4 is 27.9 Å². The molecule has 37 heavy (non-hydrogen) atoms. The molecule has 5 nitrogen and oxygen atoms in total. The quantitative estimate of drug-likeness (QED) is 0.209. The highest BCUT2D eigenvalue weighted by Crippen LogP contribution is 2.67. The van der Waals surface area contributed by atoms with E-state index in [2.05, 4.69) is 30.9 Å². The van der Waals surface area contributed by atoms with Gasteiger partial charge in [0.15, 0.2) is 0 Å².